The van der Waals surface area contributed by atoms with Crippen LogP contribution in [0.3, 0.4) is 0 Å². The second-order valence-electron chi connectivity index (χ2n) is 4.59. The Morgan fingerprint density at radius 1 is 1.29 bits per heavy atom. The molecule has 0 aromatic heterocycles. The lowest BCUT2D eigenvalue weighted by Crippen LogP contribution is -2.18. The Balaban J connectivity index is 2.99. The number of aliphatic hydroxyl groups is 2. The Morgan fingerprint density at radius 3 is 2.48 bits per heavy atom. The van der Waals surface area contributed by atoms with Gasteiger partial charge in [-0.25, -0.2) is 4.79 Å². The maximum absolute atomic E-state index is 11.5. The summed E-state index contributed by atoms with van der Waals surface area (Å²) in [4.78, 5) is 11.5. The maximum atomic E-state index is 11.5. The molecule has 114 valence electrons. The zero-order valence-corrected chi connectivity index (χ0v) is 12.4. The summed E-state index contributed by atoms with van der Waals surface area (Å²) < 4.78 is 9.82. The van der Waals surface area contributed by atoms with Gasteiger partial charge in [0.15, 0.2) is 0 Å². The second-order valence-corrected chi connectivity index (χ2v) is 4.59. The van der Waals surface area contributed by atoms with E-state index in [1.807, 2.05) is 6.92 Å². The maximum Gasteiger partial charge on any atom is 0.341 e. The number of hydrogen-bond acceptors (Lipinski definition) is 5. The summed E-state index contributed by atoms with van der Waals surface area (Å²) in [6, 6.07) is 4.94. The molecular weight excluding hydrogens is 272 g/mol. The molecule has 0 unspecified atom stereocenters. The minimum atomic E-state index is -0.472. The van der Waals surface area contributed by atoms with E-state index in [1.54, 1.807) is 18.2 Å². The van der Waals surface area contributed by atoms with Crippen molar-refractivity contribution in [2.24, 2.45) is 11.8 Å². The van der Waals surface area contributed by atoms with Gasteiger partial charge in [0.2, 0.25) is 0 Å². The van der Waals surface area contributed by atoms with Gasteiger partial charge in [0.05, 0.1) is 14.2 Å². The fourth-order valence-corrected chi connectivity index (χ4v) is 1.74. The first-order valence-corrected chi connectivity index (χ1v) is 6.57. The standard InChI is InChI=1S/C16H20O5/c1-11(13(9-17)10-18)4-5-12-6-7-14(16(19)21-3)15(8-12)20-2/h6-8,11,13,17-18H,9-10H2,1-3H3/t11-/m1/s1. The van der Waals surface area contributed by atoms with Crippen molar-refractivity contribution in [3.05, 3.63) is 29.3 Å². The van der Waals surface area contributed by atoms with Gasteiger partial charge in [-0.15, -0.1) is 0 Å². The van der Waals surface area contributed by atoms with Gasteiger partial charge in [-0.3, -0.25) is 0 Å². The van der Waals surface area contributed by atoms with Crippen molar-refractivity contribution in [3.8, 4) is 17.6 Å². The number of esters is 1. The molecule has 2 N–H and O–H groups in total. The van der Waals surface area contributed by atoms with E-state index >= 15 is 0 Å². The van der Waals surface area contributed by atoms with Crippen molar-refractivity contribution in [3.63, 3.8) is 0 Å². The van der Waals surface area contributed by atoms with Crippen LogP contribution in [0.15, 0.2) is 18.2 Å². The highest BCUT2D eigenvalue weighted by molar-refractivity contribution is 5.92. The largest absolute Gasteiger partial charge is 0.496 e. The quantitative estimate of drug-likeness (QED) is 0.627. The van der Waals surface area contributed by atoms with E-state index < -0.39 is 5.97 Å². The minimum Gasteiger partial charge on any atom is -0.496 e. The van der Waals surface area contributed by atoms with Gasteiger partial charge >= 0.3 is 5.97 Å². The number of ether oxygens (including phenoxy) is 2. The van der Waals surface area contributed by atoms with E-state index in [2.05, 4.69) is 16.6 Å². The molecular formula is C16H20O5. The number of carbonyl (C=O) groups excluding carboxylic acids is 1. The van der Waals surface area contributed by atoms with E-state index in [0.29, 0.717) is 16.9 Å². The Kier molecular flexibility index (Phi) is 6.73. The molecule has 5 heteroatoms. The van der Waals surface area contributed by atoms with Crippen molar-refractivity contribution in [1.82, 2.24) is 0 Å². The molecule has 0 bridgehead atoms. The van der Waals surface area contributed by atoms with Crippen LogP contribution in [-0.2, 0) is 4.74 Å². The average molecular weight is 292 g/mol. The van der Waals surface area contributed by atoms with Crippen LogP contribution in [0.1, 0.15) is 22.8 Å². The van der Waals surface area contributed by atoms with Crippen molar-refractivity contribution < 1.29 is 24.5 Å². The summed E-state index contributed by atoms with van der Waals surface area (Å²) in [6.45, 7) is 1.61. The van der Waals surface area contributed by atoms with E-state index in [9.17, 15) is 4.79 Å². The Morgan fingerprint density at radius 2 is 1.95 bits per heavy atom. The topological polar surface area (TPSA) is 76.0 Å². The normalized spacial score (nSPS) is 11.5. The lowest BCUT2D eigenvalue weighted by Gasteiger charge is -2.13. The predicted molar refractivity (Wildman–Crippen MR) is 78.0 cm³/mol. The summed E-state index contributed by atoms with van der Waals surface area (Å²) in [6.07, 6.45) is 0. The van der Waals surface area contributed by atoms with E-state index in [0.717, 1.165) is 0 Å². The van der Waals surface area contributed by atoms with Crippen LogP contribution in [0, 0.1) is 23.7 Å². The van der Waals surface area contributed by atoms with Crippen LogP contribution in [0.5, 0.6) is 5.75 Å². The highest BCUT2D eigenvalue weighted by atomic mass is 16.5. The third-order valence-electron chi connectivity index (χ3n) is 3.23. The van der Waals surface area contributed by atoms with Crippen molar-refractivity contribution in [1.29, 1.82) is 0 Å². The van der Waals surface area contributed by atoms with Crippen LogP contribution < -0.4 is 4.74 Å². The number of carbonyl (C=O) groups is 1. The van der Waals surface area contributed by atoms with Gasteiger partial charge in [-0.1, -0.05) is 18.8 Å². The lowest BCUT2D eigenvalue weighted by molar-refractivity contribution is 0.0597. The van der Waals surface area contributed by atoms with Crippen molar-refractivity contribution in [2.45, 2.75) is 6.92 Å². The van der Waals surface area contributed by atoms with Gasteiger partial charge in [-0.2, -0.15) is 0 Å². The first-order chi connectivity index (χ1) is 10.1. The molecule has 0 aliphatic heterocycles. The first-order valence-electron chi connectivity index (χ1n) is 6.57. The van der Waals surface area contributed by atoms with Crippen LogP contribution in [0.2, 0.25) is 0 Å². The van der Waals surface area contributed by atoms with Crippen LogP contribution in [0.4, 0.5) is 0 Å². The van der Waals surface area contributed by atoms with E-state index in [1.165, 1.54) is 14.2 Å². The third kappa shape index (κ3) is 4.48. The van der Waals surface area contributed by atoms with Gasteiger partial charge in [0.25, 0.3) is 0 Å². The van der Waals surface area contributed by atoms with Gasteiger partial charge < -0.3 is 19.7 Å². The fourth-order valence-electron chi connectivity index (χ4n) is 1.74. The van der Waals surface area contributed by atoms with Crippen molar-refractivity contribution in [2.75, 3.05) is 27.4 Å². The Bertz CT molecular complexity index is 537. The molecule has 1 aromatic rings. The molecule has 0 heterocycles. The van der Waals surface area contributed by atoms with Crippen LogP contribution >= 0.6 is 0 Å². The molecule has 0 saturated heterocycles. The van der Waals surface area contributed by atoms with E-state index in [-0.39, 0.29) is 25.0 Å². The van der Waals surface area contributed by atoms with E-state index in [4.69, 9.17) is 14.9 Å². The zero-order chi connectivity index (χ0) is 15.8. The molecule has 0 fully saturated rings. The fraction of sp³-hybridized carbons (Fsp3) is 0.438. The van der Waals surface area contributed by atoms with Crippen LogP contribution in [0.25, 0.3) is 0 Å². The highest BCUT2D eigenvalue weighted by Crippen LogP contribution is 2.21. The number of benzene rings is 1. The molecule has 0 aliphatic carbocycles. The third-order valence-corrected chi connectivity index (χ3v) is 3.23. The summed E-state index contributed by atoms with van der Waals surface area (Å²) >= 11 is 0. The SMILES string of the molecule is COC(=O)c1ccc(C#C[C@@H](C)C(CO)CO)cc1OC. The molecule has 0 saturated carbocycles. The molecule has 0 radical (unpaired) electrons. The molecule has 1 rings (SSSR count). The smallest absolute Gasteiger partial charge is 0.341 e. The van der Waals surface area contributed by atoms with Gasteiger partial charge in [0.1, 0.15) is 11.3 Å². The monoisotopic (exact) mass is 292 g/mol. The first kappa shape index (κ1) is 17.0. The molecule has 0 aliphatic rings. The number of methoxy groups -OCH3 is 2. The molecule has 0 amide bonds. The van der Waals surface area contributed by atoms with Gasteiger partial charge in [0, 0.05) is 30.6 Å². The Labute approximate surface area is 124 Å². The lowest BCUT2D eigenvalue weighted by atomic mass is 9.96. The molecule has 1 aromatic carbocycles. The summed E-state index contributed by atoms with van der Waals surface area (Å²) in [5, 5.41) is 18.2. The number of hydrogen-bond donors (Lipinski definition) is 2. The number of aliphatic hydroxyl groups excluding tert-OH is 2. The summed E-state index contributed by atoms with van der Waals surface area (Å²) in [7, 11) is 2.77. The average Bonchev–Trinajstić information content (AvgIpc) is 2.52. The molecule has 0 spiro atoms. The summed E-state index contributed by atoms with van der Waals surface area (Å²) in [5.74, 6) is 5.42. The molecule has 21 heavy (non-hydrogen) atoms. The number of rotatable bonds is 5. The minimum absolute atomic E-state index is 0.114. The molecule has 1 atom stereocenters. The van der Waals surface area contributed by atoms with Crippen LogP contribution in [-0.4, -0.2) is 43.6 Å². The predicted octanol–water partition coefficient (Wildman–Crippen LogP) is 1.07. The zero-order valence-electron chi connectivity index (χ0n) is 12.4. The highest BCUT2D eigenvalue weighted by Gasteiger charge is 2.14. The Hall–Kier alpha value is -2.03. The van der Waals surface area contributed by atoms with Crippen molar-refractivity contribution >= 4 is 5.97 Å². The molecule has 5 nitrogen and oxygen atoms in total. The second kappa shape index (κ2) is 8.30. The van der Waals surface area contributed by atoms with Gasteiger partial charge in [-0.05, 0) is 18.2 Å². The summed E-state index contributed by atoms with van der Waals surface area (Å²) in [5.41, 5.74) is 1.02.